The van der Waals surface area contributed by atoms with Gasteiger partial charge in [-0.1, -0.05) is 45.9 Å². The molecule has 2 amide bonds. The molecule has 0 saturated carbocycles. The number of likely N-dealkylation sites (tertiary alicyclic amines) is 1. The SMILES string of the molecule is CON[C@H](C[C@@H](CCCN)c1nc2ccc3cc(-c4cc5c(s4)-c4[nH]c([C@@H]6CCCN6C(=O)[C@@H](NC(=O)OC)C(C)C)nc4CC5)ccc3c2[nH]1)C(C)C. The van der Waals surface area contributed by atoms with Crippen LogP contribution in [0.4, 0.5) is 4.79 Å². The van der Waals surface area contributed by atoms with Crippen molar-refractivity contribution in [2.75, 3.05) is 27.3 Å². The van der Waals surface area contributed by atoms with Crippen LogP contribution in [0.1, 0.15) is 94.7 Å². The number of rotatable bonds is 14. The predicted molar refractivity (Wildman–Crippen MR) is 214 cm³/mol. The average molecular weight is 755 g/mol. The van der Waals surface area contributed by atoms with E-state index in [1.54, 1.807) is 18.4 Å². The smallest absolute Gasteiger partial charge is 0.407 e. The monoisotopic (exact) mass is 754 g/mol. The van der Waals surface area contributed by atoms with Gasteiger partial charge in [0.2, 0.25) is 5.91 Å². The highest BCUT2D eigenvalue weighted by molar-refractivity contribution is 7.19. The molecule has 6 N–H and O–H groups in total. The molecule has 1 aliphatic carbocycles. The van der Waals surface area contributed by atoms with Crippen LogP contribution in [-0.4, -0.2) is 76.2 Å². The molecule has 0 spiro atoms. The van der Waals surface area contributed by atoms with Crippen molar-refractivity contribution in [3.05, 3.63) is 59.3 Å². The third kappa shape index (κ3) is 7.51. The number of ether oxygens (including phenoxy) is 1. The second kappa shape index (κ2) is 16.2. The lowest BCUT2D eigenvalue weighted by atomic mass is 9.89. The first-order valence-electron chi connectivity index (χ1n) is 19.4. The van der Waals surface area contributed by atoms with Gasteiger partial charge >= 0.3 is 6.09 Å². The van der Waals surface area contributed by atoms with E-state index in [-0.39, 0.29) is 29.8 Å². The van der Waals surface area contributed by atoms with Crippen LogP contribution >= 0.6 is 11.3 Å². The number of thiophene rings is 1. The zero-order valence-electron chi connectivity index (χ0n) is 32.3. The van der Waals surface area contributed by atoms with Gasteiger partial charge in [-0.2, -0.15) is 5.48 Å². The average Bonchev–Trinajstić information content (AvgIpc) is 3.98. The minimum atomic E-state index is -0.665. The van der Waals surface area contributed by atoms with Crippen LogP contribution in [-0.2, 0) is 27.2 Å². The number of nitrogens with one attached hydrogen (secondary N) is 4. The third-order valence-corrected chi connectivity index (χ3v) is 12.5. The Morgan fingerprint density at radius 3 is 2.63 bits per heavy atom. The fourth-order valence-corrected chi connectivity index (χ4v) is 9.42. The van der Waals surface area contributed by atoms with Crippen LogP contribution in [0.5, 0.6) is 0 Å². The molecule has 1 aliphatic heterocycles. The number of carbonyl (C=O) groups excluding carboxylic acids is 2. The van der Waals surface area contributed by atoms with Gasteiger partial charge < -0.3 is 35.5 Å². The van der Waals surface area contributed by atoms with E-state index >= 15 is 0 Å². The largest absolute Gasteiger partial charge is 0.453 e. The van der Waals surface area contributed by atoms with E-state index in [1.165, 1.54) is 28.0 Å². The Labute approximate surface area is 320 Å². The number of aryl methyl sites for hydroxylation is 2. The van der Waals surface area contributed by atoms with E-state index in [9.17, 15) is 9.59 Å². The third-order valence-electron chi connectivity index (χ3n) is 11.2. The van der Waals surface area contributed by atoms with E-state index in [0.717, 1.165) is 89.8 Å². The molecule has 1 saturated heterocycles. The molecule has 4 heterocycles. The van der Waals surface area contributed by atoms with Gasteiger partial charge in [0.05, 0.1) is 47.6 Å². The van der Waals surface area contributed by atoms with Crippen molar-refractivity contribution in [1.29, 1.82) is 0 Å². The molecule has 0 unspecified atom stereocenters. The van der Waals surface area contributed by atoms with Crippen molar-refractivity contribution < 1.29 is 19.2 Å². The Morgan fingerprint density at radius 2 is 1.89 bits per heavy atom. The van der Waals surface area contributed by atoms with Crippen LogP contribution in [0, 0.1) is 11.8 Å². The zero-order valence-corrected chi connectivity index (χ0v) is 33.1. The Bertz CT molecular complexity index is 2120. The number of aromatic amines is 2. The molecule has 3 aromatic heterocycles. The van der Waals surface area contributed by atoms with Gasteiger partial charge in [0.1, 0.15) is 17.7 Å². The molecule has 0 bridgehead atoms. The fourth-order valence-electron chi connectivity index (χ4n) is 8.19. The van der Waals surface area contributed by atoms with Gasteiger partial charge in [-0.25, -0.2) is 14.8 Å². The number of methoxy groups -OCH3 is 1. The lowest BCUT2D eigenvalue weighted by molar-refractivity contribution is -0.135. The number of fused-ring (bicyclic) bond motifs is 6. The van der Waals surface area contributed by atoms with Crippen LogP contribution in [0.2, 0.25) is 0 Å². The molecule has 288 valence electrons. The summed E-state index contributed by atoms with van der Waals surface area (Å²) in [5.74, 6) is 2.28. The number of hydrogen-bond acceptors (Lipinski definition) is 9. The quantitative estimate of drug-likeness (QED) is 0.0735. The Balaban J connectivity index is 1.14. The molecular weight excluding hydrogens is 701 g/mol. The van der Waals surface area contributed by atoms with Gasteiger partial charge in [-0.05, 0) is 98.0 Å². The summed E-state index contributed by atoms with van der Waals surface area (Å²) in [5, 5.41) is 5.06. The number of imidazole rings is 2. The molecule has 4 atom stereocenters. The molecule has 2 aliphatic rings. The molecule has 12 nitrogen and oxygen atoms in total. The highest BCUT2D eigenvalue weighted by Crippen LogP contribution is 2.44. The van der Waals surface area contributed by atoms with Crippen LogP contribution in [0.3, 0.4) is 0 Å². The second-order valence-electron chi connectivity index (χ2n) is 15.5. The fraction of sp³-hybridized carbons (Fsp3) is 0.512. The number of aromatic nitrogens is 4. The zero-order chi connectivity index (χ0) is 38.1. The van der Waals surface area contributed by atoms with E-state index < -0.39 is 12.1 Å². The van der Waals surface area contributed by atoms with Gasteiger partial charge in [0.25, 0.3) is 0 Å². The first kappa shape index (κ1) is 38.0. The highest BCUT2D eigenvalue weighted by Gasteiger charge is 2.38. The van der Waals surface area contributed by atoms with Crippen molar-refractivity contribution >= 4 is 45.1 Å². The molecule has 2 aromatic carbocycles. The summed E-state index contributed by atoms with van der Waals surface area (Å²) in [4.78, 5) is 53.0. The highest BCUT2D eigenvalue weighted by atomic mass is 32.1. The van der Waals surface area contributed by atoms with Crippen molar-refractivity contribution in [3.8, 4) is 21.0 Å². The Morgan fingerprint density at radius 1 is 1.06 bits per heavy atom. The molecule has 5 aromatic rings. The normalized spacial score (nSPS) is 17.3. The second-order valence-corrected chi connectivity index (χ2v) is 16.6. The first-order chi connectivity index (χ1) is 26.1. The molecular formula is C41H54N8O4S. The maximum absolute atomic E-state index is 13.7. The van der Waals surface area contributed by atoms with Crippen LogP contribution < -0.4 is 16.5 Å². The summed E-state index contributed by atoms with van der Waals surface area (Å²) in [6, 6.07) is 12.7. The topological polar surface area (TPSA) is 163 Å². The van der Waals surface area contributed by atoms with Gasteiger partial charge in [0, 0.05) is 28.8 Å². The van der Waals surface area contributed by atoms with Crippen molar-refractivity contribution in [1.82, 2.24) is 35.6 Å². The van der Waals surface area contributed by atoms with Gasteiger partial charge in [0.15, 0.2) is 0 Å². The summed E-state index contributed by atoms with van der Waals surface area (Å²) in [6.07, 6.45) is 5.66. The number of amides is 2. The summed E-state index contributed by atoms with van der Waals surface area (Å²) in [5.41, 5.74) is 15.8. The lowest BCUT2D eigenvalue weighted by Crippen LogP contribution is -2.51. The van der Waals surface area contributed by atoms with Crippen LogP contribution in [0.15, 0.2) is 36.4 Å². The Hall–Kier alpha value is -4.30. The number of hydroxylamine groups is 1. The van der Waals surface area contributed by atoms with E-state index in [2.05, 4.69) is 71.0 Å². The van der Waals surface area contributed by atoms with E-state index in [1.807, 2.05) is 18.7 Å². The van der Waals surface area contributed by atoms with Crippen molar-refractivity contribution in [3.63, 3.8) is 0 Å². The number of benzene rings is 2. The molecule has 7 rings (SSSR count). The number of alkyl carbamates (subject to hydrolysis) is 1. The minimum absolute atomic E-state index is 0.0848. The van der Waals surface area contributed by atoms with E-state index in [4.69, 9.17) is 25.3 Å². The van der Waals surface area contributed by atoms with Gasteiger partial charge in [-0.3, -0.25) is 4.79 Å². The van der Waals surface area contributed by atoms with Gasteiger partial charge in [-0.15, -0.1) is 11.3 Å². The Kier molecular flexibility index (Phi) is 11.4. The first-order valence-corrected chi connectivity index (χ1v) is 20.2. The number of carbonyl (C=O) groups is 2. The van der Waals surface area contributed by atoms with Crippen molar-refractivity contribution in [2.24, 2.45) is 17.6 Å². The summed E-state index contributed by atoms with van der Waals surface area (Å²) < 4.78 is 4.81. The van der Waals surface area contributed by atoms with Crippen molar-refractivity contribution in [2.45, 2.75) is 96.7 Å². The summed E-state index contributed by atoms with van der Waals surface area (Å²) in [7, 11) is 2.99. The number of nitrogens with two attached hydrogens (primary N) is 1. The maximum Gasteiger partial charge on any atom is 0.407 e. The number of nitrogens with zero attached hydrogens (tertiary/aromatic N) is 3. The molecule has 54 heavy (non-hydrogen) atoms. The van der Waals surface area contributed by atoms with Crippen LogP contribution in [0.25, 0.3) is 42.8 Å². The number of hydrogen-bond donors (Lipinski definition) is 5. The van der Waals surface area contributed by atoms with E-state index in [0.29, 0.717) is 19.0 Å². The molecule has 1 fully saturated rings. The molecule has 13 heteroatoms. The predicted octanol–water partition coefficient (Wildman–Crippen LogP) is 7.37. The molecule has 0 radical (unpaired) electrons. The summed E-state index contributed by atoms with van der Waals surface area (Å²) in [6.45, 7) is 9.56. The maximum atomic E-state index is 13.7. The minimum Gasteiger partial charge on any atom is -0.453 e. The standard InChI is InChI=1S/C41H54N8O4S/c1-22(2)31(48-53-6)20-27(9-7-17-42)38-43-29-15-12-24-19-25(11-14-28(24)35(29)45-38)33-21-26-13-16-30-36(37(26)54-33)46-39(44-30)32-10-8-18-49(32)40(50)34(23(3)4)47-41(51)52-5/h11-12,14-15,19,21-23,27,31-32,34,48H,7-10,13,16-18,20,42H2,1-6H3,(H,43,45)(H,44,46)(H,47,51)/t27-,31-,32+,34+/m1/s1. The summed E-state index contributed by atoms with van der Waals surface area (Å²) >= 11 is 1.79. The lowest BCUT2D eigenvalue weighted by Gasteiger charge is -2.30. The number of H-pyrrole nitrogens is 2.